The van der Waals surface area contributed by atoms with Crippen molar-refractivity contribution in [2.24, 2.45) is 0 Å². The summed E-state index contributed by atoms with van der Waals surface area (Å²) in [4.78, 5) is 1.52. The smallest absolute Gasteiger partial charge is 0.170 e. The van der Waals surface area contributed by atoms with Crippen LogP contribution in [0.1, 0.15) is 5.56 Å². The van der Waals surface area contributed by atoms with Crippen LogP contribution >= 0.6 is 12.2 Å². The van der Waals surface area contributed by atoms with E-state index in [0.717, 1.165) is 39.4 Å². The fourth-order valence-electron chi connectivity index (χ4n) is 2.11. The number of rotatable bonds is 4. The maximum absolute atomic E-state index is 13.4. The number of nitrogens with one attached hydrogen (secondary N) is 3. The van der Waals surface area contributed by atoms with Gasteiger partial charge in [-0.25, -0.2) is 4.39 Å². The van der Waals surface area contributed by atoms with Crippen LogP contribution in [0, 0.1) is 12.7 Å². The van der Waals surface area contributed by atoms with E-state index in [1.54, 1.807) is 13.0 Å². The zero-order valence-electron chi connectivity index (χ0n) is 11.7. The molecule has 2 rings (SSSR count). The number of hydrogen-bond acceptors (Lipinski definition) is 2. The lowest BCUT2D eigenvalue weighted by atomic mass is 10.2. The summed E-state index contributed by atoms with van der Waals surface area (Å²) < 4.78 is 18.7. The molecule has 6 heteroatoms. The summed E-state index contributed by atoms with van der Waals surface area (Å²) in [6.45, 7) is 7.31. The van der Waals surface area contributed by atoms with E-state index in [-0.39, 0.29) is 5.82 Å². The molecule has 1 aromatic rings. The Morgan fingerprint density at radius 2 is 2.15 bits per heavy atom. The van der Waals surface area contributed by atoms with Gasteiger partial charge in [-0.05, 0) is 36.8 Å². The van der Waals surface area contributed by atoms with Gasteiger partial charge in [0.2, 0.25) is 0 Å². The maximum Gasteiger partial charge on any atom is 0.170 e. The van der Waals surface area contributed by atoms with Crippen LogP contribution in [0.3, 0.4) is 0 Å². The fraction of sp³-hybridized carbons (Fsp3) is 0.500. The largest absolute Gasteiger partial charge is 0.370 e. The Labute approximate surface area is 124 Å². The van der Waals surface area contributed by atoms with Crippen LogP contribution in [0.25, 0.3) is 0 Å². The van der Waals surface area contributed by atoms with Crippen LogP contribution in [0.5, 0.6) is 0 Å². The van der Waals surface area contributed by atoms with Crippen molar-refractivity contribution in [3.8, 4) is 0 Å². The molecule has 1 aliphatic heterocycles. The molecule has 0 spiro atoms. The van der Waals surface area contributed by atoms with Gasteiger partial charge < -0.3 is 20.3 Å². The molecule has 0 saturated carbocycles. The molecule has 20 heavy (non-hydrogen) atoms. The third kappa shape index (κ3) is 4.70. The van der Waals surface area contributed by atoms with Gasteiger partial charge in [0.05, 0.1) is 26.3 Å². The molecule has 0 radical (unpaired) electrons. The highest BCUT2D eigenvalue weighted by Gasteiger charge is 2.12. The van der Waals surface area contributed by atoms with Crippen molar-refractivity contribution < 1.29 is 14.0 Å². The molecule has 0 amide bonds. The van der Waals surface area contributed by atoms with E-state index < -0.39 is 0 Å². The Kier molecular flexibility index (Phi) is 5.70. The molecule has 0 aliphatic carbocycles. The number of ether oxygens (including phenoxy) is 1. The van der Waals surface area contributed by atoms with Gasteiger partial charge in [-0.1, -0.05) is 6.07 Å². The zero-order valence-corrected chi connectivity index (χ0v) is 12.5. The minimum absolute atomic E-state index is 0.226. The zero-order chi connectivity index (χ0) is 14.4. The number of quaternary nitrogens is 1. The highest BCUT2D eigenvalue weighted by Crippen LogP contribution is 2.13. The predicted molar refractivity (Wildman–Crippen MR) is 81.7 cm³/mol. The molecule has 0 bridgehead atoms. The Morgan fingerprint density at radius 1 is 1.40 bits per heavy atom. The molecule has 110 valence electrons. The second-order valence-corrected chi connectivity index (χ2v) is 5.37. The summed E-state index contributed by atoms with van der Waals surface area (Å²) in [7, 11) is 0. The molecule has 1 aromatic carbocycles. The summed E-state index contributed by atoms with van der Waals surface area (Å²) in [5, 5.41) is 6.67. The highest BCUT2D eigenvalue weighted by molar-refractivity contribution is 7.80. The van der Waals surface area contributed by atoms with E-state index in [4.69, 9.17) is 17.0 Å². The Bertz CT molecular complexity index is 464. The van der Waals surface area contributed by atoms with Gasteiger partial charge in [0.15, 0.2) is 5.11 Å². The minimum Gasteiger partial charge on any atom is -0.370 e. The van der Waals surface area contributed by atoms with Crippen LogP contribution < -0.4 is 15.5 Å². The number of halogens is 1. The van der Waals surface area contributed by atoms with Crippen molar-refractivity contribution in [1.29, 1.82) is 0 Å². The molecule has 0 unspecified atom stereocenters. The van der Waals surface area contributed by atoms with Crippen LogP contribution in [0.2, 0.25) is 0 Å². The number of thiocarbonyl (C=S) groups is 1. The van der Waals surface area contributed by atoms with E-state index in [1.807, 2.05) is 6.07 Å². The van der Waals surface area contributed by atoms with Crippen molar-refractivity contribution >= 4 is 23.0 Å². The van der Waals surface area contributed by atoms with E-state index in [1.165, 1.54) is 11.0 Å². The average Bonchev–Trinajstić information content (AvgIpc) is 2.44. The van der Waals surface area contributed by atoms with Crippen molar-refractivity contribution in [1.82, 2.24) is 5.32 Å². The van der Waals surface area contributed by atoms with Gasteiger partial charge >= 0.3 is 0 Å². The summed E-state index contributed by atoms with van der Waals surface area (Å²) in [6, 6.07) is 5.01. The second-order valence-electron chi connectivity index (χ2n) is 4.96. The molecule has 1 fully saturated rings. The molecule has 4 nitrogen and oxygen atoms in total. The van der Waals surface area contributed by atoms with Crippen LogP contribution in [-0.2, 0) is 4.74 Å². The first-order valence-electron chi connectivity index (χ1n) is 6.87. The quantitative estimate of drug-likeness (QED) is 0.701. The van der Waals surface area contributed by atoms with E-state index in [0.29, 0.717) is 16.4 Å². The Hall–Kier alpha value is -1.24. The van der Waals surface area contributed by atoms with E-state index in [2.05, 4.69) is 10.6 Å². The third-order valence-corrected chi connectivity index (χ3v) is 3.64. The van der Waals surface area contributed by atoms with Crippen LogP contribution in [0.15, 0.2) is 18.2 Å². The Balaban J connectivity index is 1.70. The van der Waals surface area contributed by atoms with E-state index in [9.17, 15) is 4.39 Å². The van der Waals surface area contributed by atoms with Crippen molar-refractivity contribution in [2.45, 2.75) is 6.92 Å². The van der Waals surface area contributed by atoms with Crippen molar-refractivity contribution in [3.63, 3.8) is 0 Å². The van der Waals surface area contributed by atoms with Gasteiger partial charge in [-0.15, -0.1) is 0 Å². The second kappa shape index (κ2) is 7.52. The molecular formula is C14H21FN3OS+. The van der Waals surface area contributed by atoms with Gasteiger partial charge in [0.1, 0.15) is 18.9 Å². The summed E-state index contributed by atoms with van der Waals surface area (Å²) >= 11 is 5.20. The van der Waals surface area contributed by atoms with Gasteiger partial charge in [0, 0.05) is 5.69 Å². The van der Waals surface area contributed by atoms with E-state index >= 15 is 0 Å². The number of benzene rings is 1. The first-order chi connectivity index (χ1) is 9.65. The molecule has 1 aliphatic rings. The lowest BCUT2D eigenvalue weighted by molar-refractivity contribution is -0.906. The van der Waals surface area contributed by atoms with Crippen molar-refractivity contribution in [2.75, 3.05) is 44.7 Å². The topological polar surface area (TPSA) is 37.7 Å². The molecule has 3 N–H and O–H groups in total. The third-order valence-electron chi connectivity index (χ3n) is 3.39. The standard InChI is InChI=1S/C14H20FN3OS/c1-11-2-3-12(10-13(11)15)17-14(20)16-4-5-18-6-8-19-9-7-18/h2-3,10H,4-9H2,1H3,(H2,16,17,20)/p+1. The lowest BCUT2D eigenvalue weighted by Gasteiger charge is -2.24. The average molecular weight is 298 g/mol. The van der Waals surface area contributed by atoms with Crippen LogP contribution in [-0.4, -0.2) is 44.5 Å². The summed E-state index contributed by atoms with van der Waals surface area (Å²) in [5.41, 5.74) is 1.30. The Morgan fingerprint density at radius 3 is 2.85 bits per heavy atom. The first-order valence-corrected chi connectivity index (χ1v) is 7.28. The normalized spacial score (nSPS) is 15.9. The number of anilines is 1. The SMILES string of the molecule is Cc1ccc(NC(=S)NCC[NH+]2CCOCC2)cc1F. The summed E-state index contributed by atoms with van der Waals surface area (Å²) in [6.07, 6.45) is 0. The van der Waals surface area contributed by atoms with Gasteiger partial charge in [-0.3, -0.25) is 0 Å². The number of aryl methyl sites for hydroxylation is 1. The fourth-order valence-corrected chi connectivity index (χ4v) is 2.33. The molecular weight excluding hydrogens is 277 g/mol. The summed E-state index contributed by atoms with van der Waals surface area (Å²) in [5.74, 6) is -0.226. The van der Waals surface area contributed by atoms with Gasteiger partial charge in [-0.2, -0.15) is 0 Å². The van der Waals surface area contributed by atoms with Crippen molar-refractivity contribution in [3.05, 3.63) is 29.6 Å². The predicted octanol–water partition coefficient (Wildman–Crippen LogP) is 0.336. The van der Waals surface area contributed by atoms with Crippen LogP contribution in [0.4, 0.5) is 10.1 Å². The number of morpholine rings is 1. The van der Waals surface area contributed by atoms with Gasteiger partial charge in [0.25, 0.3) is 0 Å². The molecule has 0 aromatic heterocycles. The maximum atomic E-state index is 13.4. The lowest BCUT2D eigenvalue weighted by Crippen LogP contribution is -3.14. The number of hydrogen-bond donors (Lipinski definition) is 3. The first kappa shape index (κ1) is 15.2. The monoisotopic (exact) mass is 298 g/mol. The highest BCUT2D eigenvalue weighted by atomic mass is 32.1. The molecule has 1 heterocycles. The molecule has 1 saturated heterocycles. The molecule has 0 atom stereocenters. The minimum atomic E-state index is -0.226.